The lowest BCUT2D eigenvalue weighted by Gasteiger charge is -2.37. The molecule has 1 heterocycles. The maximum atomic E-state index is 14.4. The van der Waals surface area contributed by atoms with Gasteiger partial charge in [-0.2, -0.15) is 13.2 Å². The normalized spacial score (nSPS) is 25.3. The number of nitrogens with one attached hydrogen (secondary N) is 1. The Morgan fingerprint density at radius 3 is 2.23 bits per heavy atom. The number of esters is 1. The Balaban J connectivity index is 2.03. The molecule has 0 amide bonds. The molecule has 2 aromatic carbocycles. The van der Waals surface area contributed by atoms with Crippen LogP contribution in [-0.2, 0) is 19.4 Å². The lowest BCUT2D eigenvalue weighted by molar-refractivity contribution is -0.209. The van der Waals surface area contributed by atoms with E-state index in [-0.39, 0.29) is 4.90 Å². The second-order valence-corrected chi connectivity index (χ2v) is 9.93. The predicted octanol–water partition coefficient (Wildman–Crippen LogP) is 3.98. The number of halogens is 3. The van der Waals surface area contributed by atoms with Crippen molar-refractivity contribution >= 4 is 15.8 Å². The SMILES string of the molecule is Cc1ccc(S(=O)(=O)C[C@H]2[C@H](C)OC(=O)[C@]2(NC(C)c2ccccc2)C(F)(F)F)cc1. The van der Waals surface area contributed by atoms with Crippen molar-refractivity contribution in [1.82, 2.24) is 5.32 Å². The van der Waals surface area contributed by atoms with Gasteiger partial charge in [-0.1, -0.05) is 48.0 Å². The van der Waals surface area contributed by atoms with Gasteiger partial charge in [0.25, 0.3) is 0 Å². The van der Waals surface area contributed by atoms with Gasteiger partial charge in [-0.25, -0.2) is 13.2 Å². The third-order valence-corrected chi connectivity index (χ3v) is 7.50. The van der Waals surface area contributed by atoms with Gasteiger partial charge in [0.2, 0.25) is 5.54 Å². The largest absolute Gasteiger partial charge is 0.461 e. The van der Waals surface area contributed by atoms with Gasteiger partial charge in [0.05, 0.1) is 10.6 Å². The number of aryl methyl sites for hydroxylation is 1. The van der Waals surface area contributed by atoms with E-state index >= 15 is 0 Å². The van der Waals surface area contributed by atoms with Gasteiger partial charge in [0, 0.05) is 12.0 Å². The highest BCUT2D eigenvalue weighted by atomic mass is 32.2. The predicted molar refractivity (Wildman–Crippen MR) is 109 cm³/mol. The first-order valence-corrected chi connectivity index (χ1v) is 11.4. The second-order valence-electron chi connectivity index (χ2n) is 7.89. The van der Waals surface area contributed by atoms with Crippen molar-refractivity contribution in [1.29, 1.82) is 0 Å². The van der Waals surface area contributed by atoms with Crippen molar-refractivity contribution in [3.05, 3.63) is 65.7 Å². The van der Waals surface area contributed by atoms with E-state index in [1.165, 1.54) is 26.0 Å². The third-order valence-electron chi connectivity index (χ3n) is 5.71. The summed E-state index contributed by atoms with van der Waals surface area (Å²) in [6.07, 6.45) is -6.32. The van der Waals surface area contributed by atoms with Crippen LogP contribution >= 0.6 is 0 Å². The Labute approximate surface area is 179 Å². The van der Waals surface area contributed by atoms with Gasteiger partial charge in [0.15, 0.2) is 9.84 Å². The van der Waals surface area contributed by atoms with Gasteiger partial charge < -0.3 is 4.74 Å². The van der Waals surface area contributed by atoms with E-state index in [1.807, 2.05) is 0 Å². The topological polar surface area (TPSA) is 72.5 Å². The zero-order valence-electron chi connectivity index (χ0n) is 17.3. The molecule has 0 radical (unpaired) electrons. The van der Waals surface area contributed by atoms with E-state index in [1.54, 1.807) is 49.4 Å². The van der Waals surface area contributed by atoms with Crippen molar-refractivity contribution in [2.24, 2.45) is 5.92 Å². The number of rotatable bonds is 6. The molecule has 1 aliphatic heterocycles. The molecule has 4 atom stereocenters. The van der Waals surface area contributed by atoms with Crippen LogP contribution in [0, 0.1) is 12.8 Å². The van der Waals surface area contributed by atoms with Crippen LogP contribution in [0.2, 0.25) is 0 Å². The highest BCUT2D eigenvalue weighted by Crippen LogP contribution is 2.46. The Morgan fingerprint density at radius 1 is 1.10 bits per heavy atom. The average Bonchev–Trinajstić information content (AvgIpc) is 2.93. The van der Waals surface area contributed by atoms with Crippen molar-refractivity contribution < 1.29 is 31.1 Å². The molecule has 1 unspecified atom stereocenters. The first kappa shape index (κ1) is 23.3. The highest BCUT2D eigenvalue weighted by Gasteiger charge is 2.71. The van der Waals surface area contributed by atoms with Crippen LogP contribution < -0.4 is 5.32 Å². The van der Waals surface area contributed by atoms with E-state index in [0.717, 1.165) is 5.56 Å². The number of cyclic esters (lactones) is 1. The summed E-state index contributed by atoms with van der Waals surface area (Å²) in [5, 5.41) is 2.40. The lowest BCUT2D eigenvalue weighted by Crippen LogP contribution is -2.66. The number of hydrogen-bond acceptors (Lipinski definition) is 5. The number of alkyl halides is 3. The number of carbonyl (C=O) groups is 1. The maximum Gasteiger partial charge on any atom is 0.417 e. The summed E-state index contributed by atoms with van der Waals surface area (Å²) in [6.45, 7) is 4.55. The van der Waals surface area contributed by atoms with Gasteiger partial charge in [0.1, 0.15) is 6.10 Å². The minimum atomic E-state index is -5.08. The highest BCUT2D eigenvalue weighted by molar-refractivity contribution is 7.91. The molecule has 0 saturated carbocycles. The zero-order valence-corrected chi connectivity index (χ0v) is 18.1. The van der Waals surface area contributed by atoms with E-state index < -0.39 is 51.3 Å². The molecule has 5 nitrogen and oxygen atoms in total. The molecule has 31 heavy (non-hydrogen) atoms. The number of ether oxygens (including phenoxy) is 1. The van der Waals surface area contributed by atoms with E-state index in [9.17, 15) is 26.4 Å². The minimum absolute atomic E-state index is 0.100. The van der Waals surface area contributed by atoms with Crippen LogP contribution in [0.5, 0.6) is 0 Å². The smallest absolute Gasteiger partial charge is 0.417 e. The molecule has 1 saturated heterocycles. The molecule has 2 aromatic rings. The Bertz CT molecular complexity index is 1040. The van der Waals surface area contributed by atoms with Crippen LogP contribution in [0.4, 0.5) is 13.2 Å². The molecule has 0 aliphatic carbocycles. The van der Waals surface area contributed by atoms with Crippen LogP contribution in [0.15, 0.2) is 59.5 Å². The molecule has 9 heteroatoms. The van der Waals surface area contributed by atoms with Crippen molar-refractivity contribution in [3.8, 4) is 0 Å². The Morgan fingerprint density at radius 2 is 1.68 bits per heavy atom. The van der Waals surface area contributed by atoms with E-state index in [2.05, 4.69) is 5.32 Å². The fourth-order valence-electron chi connectivity index (χ4n) is 3.93. The van der Waals surface area contributed by atoms with Gasteiger partial charge in [-0.05, 0) is 38.5 Å². The first-order chi connectivity index (χ1) is 14.4. The third kappa shape index (κ3) is 4.34. The molecule has 168 valence electrons. The standard InChI is InChI=1S/C22H24F3NO4S/c1-14-9-11-18(12-10-14)31(28,29)13-19-16(3)30-20(27)21(19,22(23,24)25)26-15(2)17-7-5-4-6-8-17/h4-12,15-16,19,26H,13H2,1-3H3/t15?,16-,19-,21-/m0/s1. The summed E-state index contributed by atoms with van der Waals surface area (Å²) < 4.78 is 74.2. The summed E-state index contributed by atoms with van der Waals surface area (Å²) in [5.41, 5.74) is -1.81. The second kappa shape index (κ2) is 8.27. The molecule has 1 fully saturated rings. The van der Waals surface area contributed by atoms with E-state index in [4.69, 9.17) is 4.74 Å². The summed E-state index contributed by atoms with van der Waals surface area (Å²) >= 11 is 0. The fraction of sp³-hybridized carbons (Fsp3) is 0.409. The number of hydrogen-bond donors (Lipinski definition) is 1. The quantitative estimate of drug-likeness (QED) is 0.667. The number of sulfone groups is 1. The average molecular weight is 455 g/mol. The van der Waals surface area contributed by atoms with Crippen molar-refractivity contribution in [3.63, 3.8) is 0 Å². The van der Waals surface area contributed by atoms with Crippen LogP contribution in [0.25, 0.3) is 0 Å². The van der Waals surface area contributed by atoms with Crippen molar-refractivity contribution in [2.45, 2.75) is 49.5 Å². The molecule has 3 rings (SSSR count). The van der Waals surface area contributed by atoms with Crippen LogP contribution in [0.3, 0.4) is 0 Å². The summed E-state index contributed by atoms with van der Waals surface area (Å²) in [4.78, 5) is 12.5. The molecule has 0 aromatic heterocycles. The molecular weight excluding hydrogens is 431 g/mol. The van der Waals surface area contributed by atoms with Gasteiger partial charge in [-0.3, -0.25) is 5.32 Å². The van der Waals surface area contributed by atoms with Gasteiger partial charge in [-0.15, -0.1) is 0 Å². The molecular formula is C22H24F3NO4S. The van der Waals surface area contributed by atoms with Crippen molar-refractivity contribution in [2.75, 3.05) is 5.75 Å². The van der Waals surface area contributed by atoms with Gasteiger partial charge >= 0.3 is 12.1 Å². The fourth-order valence-corrected chi connectivity index (χ4v) is 5.66. The van der Waals surface area contributed by atoms with Crippen LogP contribution in [0.1, 0.15) is 31.0 Å². The number of carbonyl (C=O) groups excluding carboxylic acids is 1. The summed E-state index contributed by atoms with van der Waals surface area (Å²) in [6, 6.07) is 13.3. The summed E-state index contributed by atoms with van der Waals surface area (Å²) in [7, 11) is -4.12. The minimum Gasteiger partial charge on any atom is -0.461 e. The Kier molecular flexibility index (Phi) is 6.21. The molecule has 0 spiro atoms. The number of benzene rings is 2. The monoisotopic (exact) mass is 455 g/mol. The Hall–Kier alpha value is -2.39. The molecule has 0 bridgehead atoms. The molecule has 1 N–H and O–H groups in total. The van der Waals surface area contributed by atoms with Crippen LogP contribution in [-0.4, -0.2) is 38.0 Å². The zero-order chi connectivity index (χ0) is 23.0. The van der Waals surface area contributed by atoms with E-state index in [0.29, 0.717) is 5.56 Å². The lowest BCUT2D eigenvalue weighted by atomic mass is 9.82. The maximum absolute atomic E-state index is 14.4. The summed E-state index contributed by atoms with van der Waals surface area (Å²) in [5.74, 6) is -4.08. The molecule has 1 aliphatic rings. The first-order valence-electron chi connectivity index (χ1n) is 9.78.